The van der Waals surface area contributed by atoms with Gasteiger partial charge < -0.3 is 14.4 Å². The molecule has 2 saturated heterocycles. The summed E-state index contributed by atoms with van der Waals surface area (Å²) in [7, 11) is -2.47. The van der Waals surface area contributed by atoms with E-state index in [0.29, 0.717) is 38.2 Å². The van der Waals surface area contributed by atoms with Crippen molar-refractivity contribution in [3.8, 4) is 5.95 Å². The molecule has 0 spiro atoms. The lowest BCUT2D eigenvalue weighted by atomic mass is 10.2. The Balaban J connectivity index is 1.65. The highest BCUT2D eigenvalue weighted by molar-refractivity contribution is 7.93. The first-order chi connectivity index (χ1) is 14.5. The molecular formula is C20H24N6O3S. The zero-order chi connectivity index (χ0) is 20.7. The Morgan fingerprint density at radius 1 is 1.17 bits per heavy atom. The number of morpholine rings is 1. The summed E-state index contributed by atoms with van der Waals surface area (Å²) in [5.74, 6) is 1.61. The predicted molar refractivity (Wildman–Crippen MR) is 115 cm³/mol. The average Bonchev–Trinajstić information content (AvgIpc) is 3.10. The second-order valence-electron chi connectivity index (χ2n) is 7.72. The lowest BCUT2D eigenvalue weighted by molar-refractivity contribution is 0.0431. The van der Waals surface area contributed by atoms with Gasteiger partial charge in [-0.15, -0.1) is 0 Å². The average molecular weight is 429 g/mol. The van der Waals surface area contributed by atoms with E-state index in [4.69, 9.17) is 14.5 Å². The van der Waals surface area contributed by atoms with E-state index in [2.05, 4.69) is 26.2 Å². The molecule has 0 amide bonds. The van der Waals surface area contributed by atoms with Crippen LogP contribution in [0.5, 0.6) is 0 Å². The minimum absolute atomic E-state index is 0.0734. The van der Waals surface area contributed by atoms with Gasteiger partial charge in [0.15, 0.2) is 5.82 Å². The third kappa shape index (κ3) is 3.55. The van der Waals surface area contributed by atoms with Gasteiger partial charge in [-0.3, -0.25) is 4.57 Å². The maximum absolute atomic E-state index is 13.1. The zero-order valence-corrected chi connectivity index (χ0v) is 17.8. The molecule has 0 radical (unpaired) electrons. The van der Waals surface area contributed by atoms with Crippen molar-refractivity contribution >= 4 is 32.4 Å². The molecule has 4 heterocycles. The number of fused-ring (bicyclic) bond motifs is 1. The van der Waals surface area contributed by atoms with Crippen molar-refractivity contribution in [2.75, 3.05) is 44.1 Å². The molecule has 0 saturated carbocycles. The number of hydrogen-bond acceptors (Lipinski definition) is 8. The molecule has 1 unspecified atom stereocenters. The quantitative estimate of drug-likeness (QED) is 0.628. The van der Waals surface area contributed by atoms with Gasteiger partial charge in [0.1, 0.15) is 12.1 Å². The summed E-state index contributed by atoms with van der Waals surface area (Å²) in [5, 5.41) is -0.0734. The number of rotatable bonds is 4. The molecule has 2 aliphatic heterocycles. The van der Waals surface area contributed by atoms with E-state index in [0.717, 1.165) is 23.4 Å². The van der Waals surface area contributed by atoms with Crippen LogP contribution in [0.25, 0.3) is 17.0 Å². The topological polar surface area (TPSA) is 94.7 Å². The van der Waals surface area contributed by atoms with Gasteiger partial charge in [0, 0.05) is 18.9 Å². The molecule has 2 fully saturated rings. The maximum Gasteiger partial charge on any atom is 0.239 e. The molecule has 2 atom stereocenters. The van der Waals surface area contributed by atoms with Crippen LogP contribution in [-0.4, -0.2) is 74.2 Å². The normalized spacial score (nSPS) is 21.9. The number of nitrogens with zero attached hydrogens (tertiary/aromatic N) is 6. The summed E-state index contributed by atoms with van der Waals surface area (Å²) in [6, 6.07) is 9.80. The smallest absolute Gasteiger partial charge is 0.239 e. The fraction of sp³-hybridized carbons (Fsp3) is 0.450. The van der Waals surface area contributed by atoms with Crippen molar-refractivity contribution < 1.29 is 13.7 Å². The maximum atomic E-state index is 13.1. The van der Waals surface area contributed by atoms with Gasteiger partial charge in [0.05, 0.1) is 58.5 Å². The van der Waals surface area contributed by atoms with E-state index in [9.17, 15) is 4.21 Å². The van der Waals surface area contributed by atoms with Crippen molar-refractivity contribution in [3.05, 3.63) is 36.7 Å². The lowest BCUT2D eigenvalue weighted by Crippen LogP contribution is -2.44. The highest BCUT2D eigenvalue weighted by atomic mass is 32.2. The monoisotopic (exact) mass is 428 g/mol. The highest BCUT2D eigenvalue weighted by Crippen LogP contribution is 2.27. The number of hydrogen-bond donors (Lipinski definition) is 0. The van der Waals surface area contributed by atoms with E-state index < -0.39 is 9.73 Å². The molecule has 3 aromatic rings. The van der Waals surface area contributed by atoms with Gasteiger partial charge in [-0.25, -0.2) is 9.19 Å². The zero-order valence-electron chi connectivity index (χ0n) is 17.0. The van der Waals surface area contributed by atoms with Crippen molar-refractivity contribution in [3.63, 3.8) is 0 Å². The van der Waals surface area contributed by atoms with E-state index >= 15 is 0 Å². The van der Waals surface area contributed by atoms with Crippen LogP contribution in [0.15, 0.2) is 41.0 Å². The van der Waals surface area contributed by atoms with Crippen molar-refractivity contribution in [1.29, 1.82) is 0 Å². The van der Waals surface area contributed by atoms with Crippen molar-refractivity contribution in [1.82, 2.24) is 19.5 Å². The van der Waals surface area contributed by atoms with E-state index in [1.165, 1.54) is 0 Å². The third-order valence-electron chi connectivity index (χ3n) is 5.52. The number of imidazole rings is 1. The SMILES string of the molecule is C[C@@H]1COCCN1c1cc(N=S(C)(=O)C2COC2)nc(-n2cnc3ccccc32)n1. The number of aromatic nitrogens is 4. The highest BCUT2D eigenvalue weighted by Gasteiger charge is 2.28. The van der Waals surface area contributed by atoms with Crippen LogP contribution in [0.4, 0.5) is 11.6 Å². The summed E-state index contributed by atoms with van der Waals surface area (Å²) in [6.07, 6.45) is 3.38. The molecule has 5 rings (SSSR count). The minimum atomic E-state index is -2.47. The first kappa shape index (κ1) is 19.4. The van der Waals surface area contributed by atoms with Crippen LogP contribution in [-0.2, 0) is 19.2 Å². The van der Waals surface area contributed by atoms with Gasteiger partial charge in [-0.05, 0) is 19.1 Å². The molecule has 0 N–H and O–H groups in total. The Labute approximate surface area is 175 Å². The lowest BCUT2D eigenvalue weighted by Gasteiger charge is -2.34. The van der Waals surface area contributed by atoms with Gasteiger partial charge in [0.25, 0.3) is 0 Å². The molecule has 30 heavy (non-hydrogen) atoms. The third-order valence-corrected chi connectivity index (χ3v) is 7.58. The second-order valence-corrected chi connectivity index (χ2v) is 10.3. The summed E-state index contributed by atoms with van der Waals surface area (Å²) in [5.41, 5.74) is 1.76. The fourth-order valence-corrected chi connectivity index (χ4v) is 4.94. The summed E-state index contributed by atoms with van der Waals surface area (Å²) < 4.78 is 30.3. The molecule has 2 aromatic heterocycles. The first-order valence-corrected chi connectivity index (χ1v) is 11.9. The van der Waals surface area contributed by atoms with Gasteiger partial charge in [-0.2, -0.15) is 14.3 Å². The van der Waals surface area contributed by atoms with E-state index in [1.54, 1.807) is 12.6 Å². The molecular weight excluding hydrogens is 404 g/mol. The van der Waals surface area contributed by atoms with Crippen LogP contribution in [0.2, 0.25) is 0 Å². The largest absolute Gasteiger partial charge is 0.379 e. The minimum Gasteiger partial charge on any atom is -0.379 e. The Kier molecular flexibility index (Phi) is 4.92. The Bertz CT molecular complexity index is 1200. The molecule has 1 aromatic carbocycles. The summed E-state index contributed by atoms with van der Waals surface area (Å²) in [4.78, 5) is 16.1. The van der Waals surface area contributed by atoms with Crippen LogP contribution in [0.3, 0.4) is 0 Å². The van der Waals surface area contributed by atoms with Crippen molar-refractivity contribution in [2.45, 2.75) is 18.2 Å². The fourth-order valence-electron chi connectivity index (χ4n) is 3.62. The van der Waals surface area contributed by atoms with Crippen LogP contribution < -0.4 is 4.90 Å². The number of anilines is 1. The van der Waals surface area contributed by atoms with Gasteiger partial charge in [0.2, 0.25) is 5.95 Å². The molecule has 0 aliphatic carbocycles. The number of para-hydroxylation sites is 2. The standard InChI is InChI=1S/C20H24N6O3S/c1-14-10-28-8-7-25(14)19-9-18(24-30(2,27)15-11-29-12-15)22-20(23-19)26-13-21-16-5-3-4-6-17(16)26/h3-6,9,13-15H,7-8,10-12H2,1-2H3/t14-,30?/m1/s1. The molecule has 0 bridgehead atoms. The number of ether oxygens (including phenoxy) is 2. The Morgan fingerprint density at radius 2 is 2.00 bits per heavy atom. The van der Waals surface area contributed by atoms with Crippen molar-refractivity contribution in [2.24, 2.45) is 4.36 Å². The van der Waals surface area contributed by atoms with Crippen LogP contribution >= 0.6 is 0 Å². The van der Waals surface area contributed by atoms with Gasteiger partial charge >= 0.3 is 0 Å². The van der Waals surface area contributed by atoms with E-state index in [-0.39, 0.29) is 11.3 Å². The second kappa shape index (κ2) is 7.60. The Hall–Kier alpha value is -2.56. The van der Waals surface area contributed by atoms with E-state index in [1.807, 2.05) is 34.9 Å². The first-order valence-electron chi connectivity index (χ1n) is 9.96. The number of benzene rings is 1. The molecule has 158 valence electrons. The van der Waals surface area contributed by atoms with Crippen LogP contribution in [0.1, 0.15) is 6.92 Å². The summed E-state index contributed by atoms with van der Waals surface area (Å²) >= 11 is 0. The molecule has 2 aliphatic rings. The molecule has 10 heteroatoms. The van der Waals surface area contributed by atoms with Gasteiger partial charge in [-0.1, -0.05) is 12.1 Å². The predicted octanol–water partition coefficient (Wildman–Crippen LogP) is 2.17. The Morgan fingerprint density at radius 3 is 2.77 bits per heavy atom. The molecule has 9 nitrogen and oxygen atoms in total. The summed E-state index contributed by atoms with van der Waals surface area (Å²) in [6.45, 7) is 5.02. The van der Waals surface area contributed by atoms with Crippen LogP contribution in [0, 0.1) is 0 Å².